The summed E-state index contributed by atoms with van der Waals surface area (Å²) in [5.41, 5.74) is 2.18. The third-order valence-electron chi connectivity index (χ3n) is 6.01. The average molecular weight is 413 g/mol. The Morgan fingerprint density at radius 3 is 2.40 bits per heavy atom. The van der Waals surface area contributed by atoms with E-state index in [0.717, 1.165) is 55.1 Å². The standard InChI is InChI=1S/C25H36N2O3/c1-4-5-6-7-8-9-13-24(28)27-16-11-15-26-14-10-12-23(26)25(27)20-17-21(29-2)19-22(18-20)30-3/h10,12,14,17-19,25H,4-9,11,13,15-16H2,1-3H3. The van der Waals surface area contributed by atoms with Crippen molar-refractivity contribution >= 4 is 5.91 Å². The van der Waals surface area contributed by atoms with Crippen LogP contribution in [0.3, 0.4) is 0 Å². The lowest BCUT2D eigenvalue weighted by molar-refractivity contribution is -0.133. The molecule has 5 nitrogen and oxygen atoms in total. The van der Waals surface area contributed by atoms with Crippen LogP contribution in [0.5, 0.6) is 11.5 Å². The molecule has 0 saturated carbocycles. The Hall–Kier alpha value is -2.43. The van der Waals surface area contributed by atoms with Crippen LogP contribution in [0, 0.1) is 0 Å². The molecule has 1 aliphatic heterocycles. The maximum atomic E-state index is 13.3. The highest BCUT2D eigenvalue weighted by atomic mass is 16.5. The van der Waals surface area contributed by atoms with Crippen LogP contribution in [0.25, 0.3) is 0 Å². The molecule has 0 radical (unpaired) electrons. The average Bonchev–Trinajstić information content (AvgIpc) is 3.15. The fourth-order valence-corrected chi connectivity index (χ4v) is 4.39. The molecule has 0 aliphatic carbocycles. The minimum atomic E-state index is -0.126. The summed E-state index contributed by atoms with van der Waals surface area (Å²) >= 11 is 0. The van der Waals surface area contributed by atoms with Gasteiger partial charge in [0.2, 0.25) is 5.91 Å². The Morgan fingerprint density at radius 2 is 1.70 bits per heavy atom. The predicted molar refractivity (Wildman–Crippen MR) is 120 cm³/mol. The molecule has 1 aromatic carbocycles. The molecule has 3 rings (SSSR count). The Bertz CT molecular complexity index is 792. The number of unbranched alkanes of at least 4 members (excludes halogenated alkanes) is 5. The molecule has 5 heteroatoms. The molecule has 164 valence electrons. The lowest BCUT2D eigenvalue weighted by Gasteiger charge is -2.31. The van der Waals surface area contributed by atoms with Crippen LogP contribution in [0.2, 0.25) is 0 Å². The Morgan fingerprint density at radius 1 is 1.00 bits per heavy atom. The van der Waals surface area contributed by atoms with Crippen LogP contribution in [0.15, 0.2) is 36.5 Å². The Labute approximate surface area is 181 Å². The van der Waals surface area contributed by atoms with Gasteiger partial charge in [0, 0.05) is 37.5 Å². The summed E-state index contributed by atoms with van der Waals surface area (Å²) in [6.45, 7) is 3.92. The van der Waals surface area contributed by atoms with Gasteiger partial charge >= 0.3 is 0 Å². The maximum absolute atomic E-state index is 13.3. The quantitative estimate of drug-likeness (QED) is 0.479. The van der Waals surface area contributed by atoms with E-state index in [-0.39, 0.29) is 11.9 Å². The van der Waals surface area contributed by atoms with Gasteiger partial charge < -0.3 is 18.9 Å². The van der Waals surface area contributed by atoms with Crippen molar-refractivity contribution in [1.29, 1.82) is 0 Å². The van der Waals surface area contributed by atoms with Gasteiger partial charge in [-0.1, -0.05) is 39.0 Å². The van der Waals surface area contributed by atoms with Gasteiger partial charge in [0.15, 0.2) is 0 Å². The molecule has 0 bridgehead atoms. The number of carbonyl (C=O) groups is 1. The minimum absolute atomic E-state index is 0.126. The van der Waals surface area contributed by atoms with E-state index in [1.807, 2.05) is 18.2 Å². The number of hydrogen-bond donors (Lipinski definition) is 0. The van der Waals surface area contributed by atoms with Crippen molar-refractivity contribution in [3.05, 3.63) is 47.8 Å². The zero-order valence-corrected chi connectivity index (χ0v) is 18.7. The van der Waals surface area contributed by atoms with Crippen molar-refractivity contribution in [1.82, 2.24) is 9.47 Å². The van der Waals surface area contributed by atoms with E-state index in [4.69, 9.17) is 9.47 Å². The van der Waals surface area contributed by atoms with Gasteiger partial charge in [-0.15, -0.1) is 0 Å². The minimum Gasteiger partial charge on any atom is -0.497 e. The fraction of sp³-hybridized carbons (Fsp3) is 0.560. The summed E-state index contributed by atoms with van der Waals surface area (Å²) in [5, 5.41) is 0. The highest BCUT2D eigenvalue weighted by Gasteiger charge is 2.31. The van der Waals surface area contributed by atoms with E-state index in [1.165, 1.54) is 25.7 Å². The maximum Gasteiger partial charge on any atom is 0.223 e. The van der Waals surface area contributed by atoms with Gasteiger partial charge in [-0.05, 0) is 42.7 Å². The zero-order chi connectivity index (χ0) is 21.3. The highest BCUT2D eigenvalue weighted by molar-refractivity contribution is 5.77. The van der Waals surface area contributed by atoms with Crippen LogP contribution >= 0.6 is 0 Å². The number of aromatic nitrogens is 1. The smallest absolute Gasteiger partial charge is 0.223 e. The second kappa shape index (κ2) is 11.1. The van der Waals surface area contributed by atoms with Crippen LogP contribution in [-0.4, -0.2) is 36.1 Å². The molecule has 0 fully saturated rings. The van der Waals surface area contributed by atoms with Crippen molar-refractivity contribution in [3.8, 4) is 11.5 Å². The lowest BCUT2D eigenvalue weighted by Crippen LogP contribution is -2.35. The summed E-state index contributed by atoms with van der Waals surface area (Å²) in [6, 6.07) is 10.0. The van der Waals surface area contributed by atoms with Crippen LogP contribution in [-0.2, 0) is 11.3 Å². The first-order valence-corrected chi connectivity index (χ1v) is 11.4. The Balaban J connectivity index is 1.83. The van der Waals surface area contributed by atoms with E-state index >= 15 is 0 Å². The predicted octanol–water partition coefficient (Wildman–Crippen LogP) is 5.58. The number of benzene rings is 1. The number of rotatable bonds is 10. The number of carbonyl (C=O) groups excluding carboxylic acids is 1. The fourth-order valence-electron chi connectivity index (χ4n) is 4.39. The molecule has 1 aliphatic rings. The van der Waals surface area contributed by atoms with E-state index < -0.39 is 0 Å². The SMILES string of the molecule is CCCCCCCCC(=O)N1CCCn2cccc2C1c1cc(OC)cc(OC)c1. The molecular formula is C25H36N2O3. The van der Waals surface area contributed by atoms with Crippen LogP contribution < -0.4 is 9.47 Å². The van der Waals surface area contributed by atoms with Gasteiger partial charge in [-0.2, -0.15) is 0 Å². The first-order valence-electron chi connectivity index (χ1n) is 11.4. The Kier molecular flexibility index (Phi) is 8.23. The van der Waals surface area contributed by atoms with Crippen molar-refractivity contribution < 1.29 is 14.3 Å². The molecule has 1 aromatic heterocycles. The van der Waals surface area contributed by atoms with Crippen LogP contribution in [0.4, 0.5) is 0 Å². The number of ether oxygens (including phenoxy) is 2. The molecule has 1 unspecified atom stereocenters. The van der Waals surface area contributed by atoms with E-state index in [1.54, 1.807) is 14.2 Å². The number of methoxy groups -OCH3 is 2. The van der Waals surface area contributed by atoms with E-state index in [2.05, 4.69) is 34.7 Å². The van der Waals surface area contributed by atoms with Crippen molar-refractivity contribution in [2.24, 2.45) is 0 Å². The normalized spacial score (nSPS) is 16.1. The number of amides is 1. The van der Waals surface area contributed by atoms with Gasteiger partial charge in [0.25, 0.3) is 0 Å². The first-order chi connectivity index (χ1) is 14.7. The molecular weight excluding hydrogens is 376 g/mol. The summed E-state index contributed by atoms with van der Waals surface area (Å²) in [7, 11) is 3.33. The van der Waals surface area contributed by atoms with E-state index in [0.29, 0.717) is 6.42 Å². The monoisotopic (exact) mass is 412 g/mol. The van der Waals surface area contributed by atoms with Crippen molar-refractivity contribution in [2.75, 3.05) is 20.8 Å². The second-order valence-corrected chi connectivity index (χ2v) is 8.13. The molecule has 0 saturated heterocycles. The molecule has 1 amide bonds. The number of fused-ring (bicyclic) bond motifs is 1. The molecule has 30 heavy (non-hydrogen) atoms. The summed E-state index contributed by atoms with van der Waals surface area (Å²) in [5.74, 6) is 1.73. The molecule has 2 heterocycles. The van der Waals surface area contributed by atoms with Crippen LogP contribution in [0.1, 0.15) is 75.6 Å². The van der Waals surface area contributed by atoms with Gasteiger partial charge in [-0.25, -0.2) is 0 Å². The lowest BCUT2D eigenvalue weighted by atomic mass is 10.00. The number of nitrogens with zero attached hydrogens (tertiary/aromatic N) is 2. The third-order valence-corrected chi connectivity index (χ3v) is 6.01. The molecule has 1 atom stereocenters. The first kappa shape index (κ1) is 22.3. The third kappa shape index (κ3) is 5.38. The molecule has 2 aromatic rings. The summed E-state index contributed by atoms with van der Waals surface area (Å²) in [4.78, 5) is 15.4. The molecule has 0 N–H and O–H groups in total. The summed E-state index contributed by atoms with van der Waals surface area (Å²) < 4.78 is 13.3. The van der Waals surface area contributed by atoms with Gasteiger partial charge in [-0.3, -0.25) is 4.79 Å². The largest absolute Gasteiger partial charge is 0.497 e. The second-order valence-electron chi connectivity index (χ2n) is 8.13. The van der Waals surface area contributed by atoms with E-state index in [9.17, 15) is 4.79 Å². The van der Waals surface area contributed by atoms with Crippen molar-refractivity contribution in [3.63, 3.8) is 0 Å². The summed E-state index contributed by atoms with van der Waals surface area (Å²) in [6.07, 6.45) is 10.8. The van der Waals surface area contributed by atoms with Gasteiger partial charge in [0.05, 0.1) is 20.3 Å². The number of hydrogen-bond acceptors (Lipinski definition) is 3. The zero-order valence-electron chi connectivity index (χ0n) is 18.7. The van der Waals surface area contributed by atoms with Crippen molar-refractivity contribution in [2.45, 2.75) is 70.9 Å². The van der Waals surface area contributed by atoms with Gasteiger partial charge in [0.1, 0.15) is 11.5 Å². The number of aryl methyl sites for hydroxylation is 1. The molecule has 0 spiro atoms. The topological polar surface area (TPSA) is 43.7 Å². The highest BCUT2D eigenvalue weighted by Crippen LogP contribution is 2.36.